The van der Waals surface area contributed by atoms with Gasteiger partial charge in [-0.15, -0.1) is 0 Å². The van der Waals surface area contributed by atoms with Crippen molar-refractivity contribution in [2.24, 2.45) is 0 Å². The number of esters is 1. The van der Waals surface area contributed by atoms with E-state index in [1.807, 2.05) is 0 Å². The second-order valence-corrected chi connectivity index (χ2v) is 6.09. The van der Waals surface area contributed by atoms with E-state index in [-0.39, 0.29) is 22.7 Å². The minimum absolute atomic E-state index is 0.0259. The average Bonchev–Trinajstić information content (AvgIpc) is 2.71. The van der Waals surface area contributed by atoms with E-state index >= 15 is 0 Å². The third-order valence-electron chi connectivity index (χ3n) is 4.07. The lowest BCUT2D eigenvalue weighted by Gasteiger charge is -2.10. The molecule has 9 heteroatoms. The van der Waals surface area contributed by atoms with E-state index in [9.17, 15) is 19.7 Å². The van der Waals surface area contributed by atoms with Gasteiger partial charge in [-0.3, -0.25) is 19.9 Å². The Labute approximate surface area is 165 Å². The second-order valence-electron chi connectivity index (χ2n) is 6.09. The van der Waals surface area contributed by atoms with Gasteiger partial charge in [0.25, 0.3) is 11.6 Å². The van der Waals surface area contributed by atoms with Gasteiger partial charge in [0.15, 0.2) is 6.61 Å². The summed E-state index contributed by atoms with van der Waals surface area (Å²) in [4.78, 5) is 39.5. The molecular weight excluding hydrogens is 378 g/mol. The van der Waals surface area contributed by atoms with E-state index in [1.165, 1.54) is 25.3 Å². The molecule has 0 saturated heterocycles. The number of ether oxygens (including phenoxy) is 2. The molecular formula is C20H17N3O6. The van der Waals surface area contributed by atoms with E-state index in [4.69, 9.17) is 9.47 Å². The summed E-state index contributed by atoms with van der Waals surface area (Å²) in [6.07, 6.45) is 0. The highest BCUT2D eigenvalue weighted by atomic mass is 16.6. The number of hydrogen-bond donors (Lipinski definition) is 1. The van der Waals surface area contributed by atoms with Crippen LogP contribution in [0.25, 0.3) is 10.9 Å². The van der Waals surface area contributed by atoms with Gasteiger partial charge in [-0.25, -0.2) is 4.79 Å². The number of carbonyl (C=O) groups excluding carboxylic acids is 2. The number of nitro groups is 1. The Bertz CT molecular complexity index is 1110. The number of benzene rings is 2. The molecule has 2 aromatic carbocycles. The van der Waals surface area contributed by atoms with Crippen LogP contribution in [0.3, 0.4) is 0 Å². The van der Waals surface area contributed by atoms with Gasteiger partial charge in [0.2, 0.25) is 0 Å². The minimum atomic E-state index is -0.707. The quantitative estimate of drug-likeness (QED) is 0.386. The highest BCUT2D eigenvalue weighted by Gasteiger charge is 2.19. The Balaban J connectivity index is 1.72. The van der Waals surface area contributed by atoms with Crippen LogP contribution in [0.2, 0.25) is 0 Å². The molecule has 0 aliphatic heterocycles. The van der Waals surface area contributed by atoms with E-state index in [0.29, 0.717) is 16.6 Å². The number of carbonyl (C=O) groups is 2. The van der Waals surface area contributed by atoms with Crippen LogP contribution in [-0.2, 0) is 9.53 Å². The first-order chi connectivity index (χ1) is 13.9. The standard InChI is InChI=1S/C20H17N3O6/c1-12-9-15(14-5-3-4-6-16(14)21-12)20(25)29-11-19(24)22-17-8-7-13(28-2)10-18(17)23(26)27/h3-10H,11H2,1-2H3,(H,22,24). The fraction of sp³-hybridized carbons (Fsp3) is 0.150. The summed E-state index contributed by atoms with van der Waals surface area (Å²) in [5, 5.41) is 14.2. The summed E-state index contributed by atoms with van der Waals surface area (Å²) in [6, 6.07) is 12.7. The number of anilines is 1. The fourth-order valence-corrected chi connectivity index (χ4v) is 2.77. The molecule has 1 N–H and O–H groups in total. The Morgan fingerprint density at radius 1 is 1.17 bits per heavy atom. The summed E-state index contributed by atoms with van der Waals surface area (Å²) in [5.41, 5.74) is 1.20. The number of para-hydroxylation sites is 1. The number of aromatic nitrogens is 1. The largest absolute Gasteiger partial charge is 0.496 e. The van der Waals surface area contributed by atoms with Gasteiger partial charge in [-0.05, 0) is 31.2 Å². The normalized spacial score (nSPS) is 10.4. The zero-order valence-corrected chi connectivity index (χ0v) is 15.7. The van der Waals surface area contributed by atoms with Crippen molar-refractivity contribution < 1.29 is 24.0 Å². The van der Waals surface area contributed by atoms with Crippen molar-refractivity contribution >= 4 is 34.2 Å². The first-order valence-corrected chi connectivity index (χ1v) is 8.55. The van der Waals surface area contributed by atoms with Crippen molar-refractivity contribution in [3.8, 4) is 5.75 Å². The summed E-state index contributed by atoms with van der Waals surface area (Å²) >= 11 is 0. The first kappa shape index (κ1) is 19.7. The topological polar surface area (TPSA) is 121 Å². The maximum atomic E-state index is 12.5. The number of methoxy groups -OCH3 is 1. The van der Waals surface area contributed by atoms with Crippen LogP contribution in [0.5, 0.6) is 5.75 Å². The fourth-order valence-electron chi connectivity index (χ4n) is 2.77. The number of amides is 1. The Kier molecular flexibility index (Phi) is 5.68. The summed E-state index contributed by atoms with van der Waals surface area (Å²) in [7, 11) is 1.38. The maximum Gasteiger partial charge on any atom is 0.339 e. The minimum Gasteiger partial charge on any atom is -0.496 e. The molecule has 3 aromatic rings. The molecule has 0 atom stereocenters. The number of nitro benzene ring substituents is 1. The molecule has 0 unspecified atom stereocenters. The van der Waals surface area contributed by atoms with Crippen molar-refractivity contribution in [2.75, 3.05) is 19.0 Å². The van der Waals surface area contributed by atoms with Gasteiger partial charge in [0.1, 0.15) is 11.4 Å². The van der Waals surface area contributed by atoms with E-state index in [2.05, 4.69) is 10.3 Å². The predicted octanol–water partition coefficient (Wildman–Crippen LogP) is 3.26. The SMILES string of the molecule is COc1ccc(NC(=O)COC(=O)c2cc(C)nc3ccccc23)c([N+](=O)[O-])c1. The first-order valence-electron chi connectivity index (χ1n) is 8.55. The van der Waals surface area contributed by atoms with Gasteiger partial charge in [-0.1, -0.05) is 18.2 Å². The zero-order valence-electron chi connectivity index (χ0n) is 15.7. The molecule has 148 valence electrons. The molecule has 0 spiro atoms. The molecule has 0 saturated carbocycles. The molecule has 0 radical (unpaired) electrons. The predicted molar refractivity (Wildman–Crippen MR) is 105 cm³/mol. The van der Waals surface area contributed by atoms with Crippen LogP contribution in [0.4, 0.5) is 11.4 Å². The van der Waals surface area contributed by atoms with Crippen LogP contribution in [0.15, 0.2) is 48.5 Å². The van der Waals surface area contributed by atoms with Crippen LogP contribution in [-0.4, -0.2) is 35.5 Å². The third kappa shape index (κ3) is 4.46. The number of nitrogens with zero attached hydrogens (tertiary/aromatic N) is 2. The molecule has 0 aliphatic carbocycles. The molecule has 3 rings (SSSR count). The van der Waals surface area contributed by atoms with Gasteiger partial charge in [0, 0.05) is 11.1 Å². The number of pyridine rings is 1. The lowest BCUT2D eigenvalue weighted by Crippen LogP contribution is -2.21. The summed E-state index contributed by atoms with van der Waals surface area (Å²) < 4.78 is 10.0. The summed E-state index contributed by atoms with van der Waals surface area (Å²) in [6.45, 7) is 1.15. The molecule has 29 heavy (non-hydrogen) atoms. The molecule has 1 aromatic heterocycles. The zero-order chi connectivity index (χ0) is 21.0. The smallest absolute Gasteiger partial charge is 0.339 e. The van der Waals surface area contributed by atoms with Crippen molar-refractivity contribution in [2.45, 2.75) is 6.92 Å². The van der Waals surface area contributed by atoms with Crippen LogP contribution >= 0.6 is 0 Å². The molecule has 1 heterocycles. The highest BCUT2D eigenvalue weighted by molar-refractivity contribution is 6.04. The van der Waals surface area contributed by atoms with E-state index in [1.54, 1.807) is 37.3 Å². The maximum absolute atomic E-state index is 12.5. The van der Waals surface area contributed by atoms with Crippen LogP contribution in [0, 0.1) is 17.0 Å². The molecule has 0 aliphatic rings. The van der Waals surface area contributed by atoms with Gasteiger partial charge in [0.05, 0.1) is 29.2 Å². The monoisotopic (exact) mass is 395 g/mol. The van der Waals surface area contributed by atoms with Crippen molar-refractivity contribution in [3.05, 3.63) is 69.9 Å². The van der Waals surface area contributed by atoms with Crippen molar-refractivity contribution in [1.82, 2.24) is 4.98 Å². The second kappa shape index (κ2) is 8.34. The number of hydrogen-bond acceptors (Lipinski definition) is 7. The van der Waals surface area contributed by atoms with Gasteiger partial charge < -0.3 is 14.8 Å². The van der Waals surface area contributed by atoms with Crippen molar-refractivity contribution in [1.29, 1.82) is 0 Å². The summed E-state index contributed by atoms with van der Waals surface area (Å²) in [5.74, 6) is -1.12. The molecule has 1 amide bonds. The lowest BCUT2D eigenvalue weighted by molar-refractivity contribution is -0.384. The molecule has 0 bridgehead atoms. The van der Waals surface area contributed by atoms with Crippen molar-refractivity contribution in [3.63, 3.8) is 0 Å². The third-order valence-corrected chi connectivity index (χ3v) is 4.07. The average molecular weight is 395 g/mol. The van der Waals surface area contributed by atoms with E-state index in [0.717, 1.165) is 0 Å². The van der Waals surface area contributed by atoms with Gasteiger partial charge in [-0.2, -0.15) is 0 Å². The van der Waals surface area contributed by atoms with E-state index < -0.39 is 23.4 Å². The highest BCUT2D eigenvalue weighted by Crippen LogP contribution is 2.29. The lowest BCUT2D eigenvalue weighted by atomic mass is 10.1. The van der Waals surface area contributed by atoms with Crippen LogP contribution < -0.4 is 10.1 Å². The Morgan fingerprint density at radius 2 is 1.93 bits per heavy atom. The van der Waals surface area contributed by atoms with Crippen LogP contribution in [0.1, 0.15) is 16.1 Å². The Morgan fingerprint density at radius 3 is 2.66 bits per heavy atom. The van der Waals surface area contributed by atoms with Gasteiger partial charge >= 0.3 is 5.97 Å². The number of rotatable bonds is 6. The Hall–Kier alpha value is -4.01. The number of fused-ring (bicyclic) bond motifs is 1. The number of nitrogens with one attached hydrogen (secondary N) is 1. The molecule has 9 nitrogen and oxygen atoms in total. The number of aryl methyl sites for hydroxylation is 1. The molecule has 0 fully saturated rings.